The van der Waals surface area contributed by atoms with Crippen LogP contribution in [-0.2, 0) is 0 Å². The molecule has 0 aliphatic carbocycles. The van der Waals surface area contributed by atoms with Crippen LogP contribution >= 0.6 is 0 Å². The summed E-state index contributed by atoms with van der Waals surface area (Å²) in [6, 6.07) is 8.36. The van der Waals surface area contributed by atoms with E-state index < -0.39 is 0 Å². The quantitative estimate of drug-likeness (QED) is 0.869. The molecule has 2 N–H and O–H groups in total. The summed E-state index contributed by atoms with van der Waals surface area (Å²) in [4.78, 5) is 0. The number of H-pyrrole nitrogens is 1. The Morgan fingerprint density at radius 1 is 1.22 bits per heavy atom. The monoisotopic (exact) mass is 245 g/mol. The zero-order chi connectivity index (χ0) is 13.1. The fraction of sp³-hybridized carbons (Fsp3) is 0.357. The zero-order valence-electron chi connectivity index (χ0n) is 11.2. The van der Waals surface area contributed by atoms with Gasteiger partial charge in [-0.25, -0.2) is 0 Å². The molecule has 0 amide bonds. The third-order valence-corrected chi connectivity index (χ3v) is 2.75. The Morgan fingerprint density at radius 3 is 2.44 bits per heavy atom. The first-order chi connectivity index (χ1) is 8.61. The summed E-state index contributed by atoms with van der Waals surface area (Å²) in [6.45, 7) is 6.22. The number of hydrogen-bond acceptors (Lipinski definition) is 3. The Kier molecular flexibility index (Phi) is 3.55. The average molecular weight is 245 g/mol. The Bertz CT molecular complexity index is 514. The summed E-state index contributed by atoms with van der Waals surface area (Å²) in [5.74, 6) is 1.76. The molecule has 0 saturated carbocycles. The summed E-state index contributed by atoms with van der Waals surface area (Å²) in [5, 5.41) is 10.7. The van der Waals surface area contributed by atoms with Gasteiger partial charge in [-0.1, -0.05) is 12.1 Å². The van der Waals surface area contributed by atoms with Crippen LogP contribution < -0.4 is 10.1 Å². The van der Waals surface area contributed by atoms with Crippen molar-refractivity contribution in [3.63, 3.8) is 0 Å². The molecule has 4 nitrogen and oxygen atoms in total. The number of nitrogens with one attached hydrogen (secondary N) is 2. The molecule has 96 valence electrons. The SMILES string of the molecule is COc1ccc(-c2c(NC(C)C)n[nH]c2C)cc1. The van der Waals surface area contributed by atoms with Gasteiger partial charge in [0.05, 0.1) is 7.11 Å². The molecule has 18 heavy (non-hydrogen) atoms. The van der Waals surface area contributed by atoms with Crippen molar-refractivity contribution < 1.29 is 4.74 Å². The lowest BCUT2D eigenvalue weighted by Gasteiger charge is -2.10. The van der Waals surface area contributed by atoms with Crippen LogP contribution in [0, 0.1) is 6.92 Å². The average Bonchev–Trinajstić information content (AvgIpc) is 2.70. The zero-order valence-corrected chi connectivity index (χ0v) is 11.2. The number of nitrogens with zero attached hydrogens (tertiary/aromatic N) is 1. The van der Waals surface area contributed by atoms with Crippen LogP contribution in [0.1, 0.15) is 19.5 Å². The Labute approximate surface area is 107 Å². The standard InChI is InChI=1S/C14H19N3O/c1-9(2)15-14-13(10(3)16-17-14)11-5-7-12(18-4)8-6-11/h5-9H,1-4H3,(H2,15,16,17). The summed E-state index contributed by atoms with van der Waals surface area (Å²) in [6.07, 6.45) is 0. The van der Waals surface area contributed by atoms with Crippen molar-refractivity contribution >= 4 is 5.82 Å². The lowest BCUT2D eigenvalue weighted by molar-refractivity contribution is 0.415. The summed E-state index contributed by atoms with van der Waals surface area (Å²) < 4.78 is 5.17. The first-order valence-electron chi connectivity index (χ1n) is 6.07. The van der Waals surface area contributed by atoms with Crippen molar-refractivity contribution in [2.75, 3.05) is 12.4 Å². The van der Waals surface area contributed by atoms with Gasteiger partial charge in [-0.15, -0.1) is 0 Å². The molecule has 1 aromatic carbocycles. The molecule has 0 unspecified atom stereocenters. The topological polar surface area (TPSA) is 49.9 Å². The van der Waals surface area contributed by atoms with E-state index in [2.05, 4.69) is 29.4 Å². The lowest BCUT2D eigenvalue weighted by atomic mass is 10.1. The molecule has 0 spiro atoms. The third kappa shape index (κ3) is 2.47. The van der Waals surface area contributed by atoms with E-state index in [4.69, 9.17) is 4.74 Å². The highest BCUT2D eigenvalue weighted by Gasteiger charge is 2.13. The largest absolute Gasteiger partial charge is 0.497 e. The predicted octanol–water partition coefficient (Wildman–Crippen LogP) is 3.21. The summed E-state index contributed by atoms with van der Waals surface area (Å²) >= 11 is 0. The second-order valence-electron chi connectivity index (χ2n) is 4.60. The van der Waals surface area contributed by atoms with Crippen molar-refractivity contribution in [1.82, 2.24) is 10.2 Å². The van der Waals surface area contributed by atoms with Crippen molar-refractivity contribution in [1.29, 1.82) is 0 Å². The summed E-state index contributed by atoms with van der Waals surface area (Å²) in [7, 11) is 1.67. The number of ether oxygens (including phenoxy) is 1. The van der Waals surface area contributed by atoms with Gasteiger partial charge in [0.15, 0.2) is 5.82 Å². The van der Waals surface area contributed by atoms with E-state index in [0.717, 1.165) is 28.4 Å². The molecule has 1 aromatic heterocycles. The number of aromatic nitrogens is 2. The van der Waals surface area contributed by atoms with Crippen LogP contribution in [0.5, 0.6) is 5.75 Å². The molecule has 2 rings (SSSR count). The molecule has 0 bridgehead atoms. The molecule has 1 heterocycles. The number of rotatable bonds is 4. The second-order valence-corrected chi connectivity index (χ2v) is 4.60. The highest BCUT2D eigenvalue weighted by Crippen LogP contribution is 2.30. The van der Waals surface area contributed by atoms with Crippen LogP contribution in [0.3, 0.4) is 0 Å². The molecule has 2 aromatic rings. The lowest BCUT2D eigenvalue weighted by Crippen LogP contribution is -2.10. The van der Waals surface area contributed by atoms with Gasteiger partial charge in [0, 0.05) is 17.3 Å². The van der Waals surface area contributed by atoms with E-state index >= 15 is 0 Å². The minimum atomic E-state index is 0.352. The van der Waals surface area contributed by atoms with E-state index in [0.29, 0.717) is 6.04 Å². The fourth-order valence-corrected chi connectivity index (χ4v) is 1.92. The highest BCUT2D eigenvalue weighted by atomic mass is 16.5. The number of aromatic amines is 1. The van der Waals surface area contributed by atoms with Crippen molar-refractivity contribution in [3.05, 3.63) is 30.0 Å². The molecule has 0 saturated heterocycles. The van der Waals surface area contributed by atoms with Gasteiger partial charge in [0.25, 0.3) is 0 Å². The van der Waals surface area contributed by atoms with E-state index in [1.54, 1.807) is 7.11 Å². The van der Waals surface area contributed by atoms with Crippen LogP contribution in [0.4, 0.5) is 5.82 Å². The van der Waals surface area contributed by atoms with Crippen molar-refractivity contribution in [3.8, 4) is 16.9 Å². The predicted molar refractivity (Wildman–Crippen MR) is 74.1 cm³/mol. The van der Waals surface area contributed by atoms with E-state index in [-0.39, 0.29) is 0 Å². The van der Waals surface area contributed by atoms with Gasteiger partial charge in [-0.05, 0) is 38.5 Å². The van der Waals surface area contributed by atoms with E-state index in [1.165, 1.54) is 0 Å². The van der Waals surface area contributed by atoms with Gasteiger partial charge in [0.1, 0.15) is 5.75 Å². The van der Waals surface area contributed by atoms with Gasteiger partial charge < -0.3 is 10.1 Å². The first kappa shape index (κ1) is 12.5. The van der Waals surface area contributed by atoms with Crippen LogP contribution in [0.2, 0.25) is 0 Å². The molecule has 0 aliphatic rings. The maximum atomic E-state index is 5.17. The molecule has 4 heteroatoms. The molecule has 0 atom stereocenters. The van der Waals surface area contributed by atoms with Gasteiger partial charge in [-0.2, -0.15) is 5.10 Å². The second kappa shape index (κ2) is 5.12. The minimum Gasteiger partial charge on any atom is -0.497 e. The molecular formula is C14H19N3O. The van der Waals surface area contributed by atoms with Crippen LogP contribution in [-0.4, -0.2) is 23.3 Å². The molecule has 0 radical (unpaired) electrons. The minimum absolute atomic E-state index is 0.352. The number of aryl methyl sites for hydroxylation is 1. The van der Waals surface area contributed by atoms with Crippen LogP contribution in [0.15, 0.2) is 24.3 Å². The van der Waals surface area contributed by atoms with Crippen molar-refractivity contribution in [2.45, 2.75) is 26.8 Å². The Morgan fingerprint density at radius 2 is 1.89 bits per heavy atom. The summed E-state index contributed by atoms with van der Waals surface area (Å²) in [5.41, 5.74) is 3.31. The Hall–Kier alpha value is -1.97. The molecule has 0 fully saturated rings. The van der Waals surface area contributed by atoms with Crippen molar-refractivity contribution in [2.24, 2.45) is 0 Å². The third-order valence-electron chi connectivity index (χ3n) is 2.75. The number of methoxy groups -OCH3 is 1. The number of anilines is 1. The van der Waals surface area contributed by atoms with Gasteiger partial charge >= 0.3 is 0 Å². The van der Waals surface area contributed by atoms with Gasteiger partial charge in [0.2, 0.25) is 0 Å². The van der Waals surface area contributed by atoms with E-state index in [1.807, 2.05) is 31.2 Å². The Balaban J connectivity index is 2.39. The smallest absolute Gasteiger partial charge is 0.156 e. The normalized spacial score (nSPS) is 10.7. The highest BCUT2D eigenvalue weighted by molar-refractivity contribution is 5.77. The first-order valence-corrected chi connectivity index (χ1v) is 6.07. The maximum Gasteiger partial charge on any atom is 0.156 e. The van der Waals surface area contributed by atoms with E-state index in [9.17, 15) is 0 Å². The fourth-order valence-electron chi connectivity index (χ4n) is 1.92. The number of benzene rings is 1. The van der Waals surface area contributed by atoms with Gasteiger partial charge in [-0.3, -0.25) is 5.10 Å². The maximum absolute atomic E-state index is 5.17. The molecule has 0 aliphatic heterocycles. The van der Waals surface area contributed by atoms with Crippen LogP contribution in [0.25, 0.3) is 11.1 Å². The molecular weight excluding hydrogens is 226 g/mol. The number of hydrogen-bond donors (Lipinski definition) is 2.